The van der Waals surface area contributed by atoms with Crippen molar-refractivity contribution >= 4 is 16.9 Å². The van der Waals surface area contributed by atoms with Crippen molar-refractivity contribution in [1.29, 1.82) is 0 Å². The number of aromatic carboxylic acids is 1. The van der Waals surface area contributed by atoms with Crippen molar-refractivity contribution in [3.63, 3.8) is 0 Å². The van der Waals surface area contributed by atoms with Gasteiger partial charge in [-0.1, -0.05) is 13.8 Å². The van der Waals surface area contributed by atoms with E-state index in [1.165, 1.54) is 0 Å². The molecule has 21 heavy (non-hydrogen) atoms. The quantitative estimate of drug-likeness (QED) is 0.884. The molecule has 0 saturated heterocycles. The Kier molecular flexibility index (Phi) is 4.37. The molecule has 3 N–H and O–H groups in total. The first-order valence-corrected chi connectivity index (χ1v) is 7.47. The first-order valence-electron chi connectivity index (χ1n) is 7.47. The van der Waals surface area contributed by atoms with E-state index in [1.54, 1.807) is 6.07 Å². The third kappa shape index (κ3) is 2.81. The summed E-state index contributed by atoms with van der Waals surface area (Å²) in [5.74, 6) is -0.581. The maximum Gasteiger partial charge on any atom is 0.337 e. The Balaban J connectivity index is 2.86. The largest absolute Gasteiger partial charge is 0.478 e. The molecule has 2 rings (SSSR count). The minimum absolute atomic E-state index is 0.210. The topological polar surface area (TPSA) is 68.2 Å². The van der Waals surface area contributed by atoms with Gasteiger partial charge in [0.2, 0.25) is 0 Å². The van der Waals surface area contributed by atoms with Gasteiger partial charge >= 0.3 is 5.97 Å². The highest BCUT2D eigenvalue weighted by Gasteiger charge is 2.19. The van der Waals surface area contributed by atoms with E-state index in [9.17, 15) is 9.90 Å². The number of carbonyl (C=O) groups is 1. The maximum absolute atomic E-state index is 11.7. The predicted molar refractivity (Wildman–Crippen MR) is 86.1 cm³/mol. The summed E-state index contributed by atoms with van der Waals surface area (Å²) in [6, 6.07) is 4.14. The standard InChI is InChI=1S/C17H24N2O2/c1-10(2)13-7-14-12(5-6-18)9-19(11(3)4)16(14)15(8-13)17(20)21/h7-11H,5-6,18H2,1-4H3,(H,20,21). The van der Waals surface area contributed by atoms with E-state index in [4.69, 9.17) is 5.73 Å². The Labute approximate surface area is 125 Å². The van der Waals surface area contributed by atoms with E-state index in [2.05, 4.69) is 40.0 Å². The fourth-order valence-corrected chi connectivity index (χ4v) is 2.74. The van der Waals surface area contributed by atoms with Gasteiger partial charge in [-0.05, 0) is 56.0 Å². The first kappa shape index (κ1) is 15.6. The zero-order valence-electron chi connectivity index (χ0n) is 13.2. The molecule has 0 bridgehead atoms. The molecule has 0 fully saturated rings. The van der Waals surface area contributed by atoms with Crippen LogP contribution in [0.25, 0.3) is 10.9 Å². The molecule has 114 valence electrons. The number of nitrogens with two attached hydrogens (primary N) is 1. The van der Waals surface area contributed by atoms with Crippen LogP contribution >= 0.6 is 0 Å². The molecule has 4 heteroatoms. The number of rotatable bonds is 5. The molecular weight excluding hydrogens is 264 g/mol. The molecule has 0 atom stereocenters. The van der Waals surface area contributed by atoms with Crippen LogP contribution in [0.15, 0.2) is 18.3 Å². The van der Waals surface area contributed by atoms with Crippen LogP contribution in [0.4, 0.5) is 0 Å². The lowest BCUT2D eigenvalue weighted by molar-refractivity contribution is 0.0698. The summed E-state index contributed by atoms with van der Waals surface area (Å²) in [5, 5.41) is 10.6. The van der Waals surface area contributed by atoms with E-state index in [-0.39, 0.29) is 6.04 Å². The van der Waals surface area contributed by atoms with Crippen molar-refractivity contribution in [2.45, 2.75) is 46.1 Å². The molecule has 0 saturated carbocycles. The highest BCUT2D eigenvalue weighted by Crippen LogP contribution is 2.31. The van der Waals surface area contributed by atoms with Gasteiger partial charge in [-0.15, -0.1) is 0 Å². The van der Waals surface area contributed by atoms with Gasteiger partial charge in [0.15, 0.2) is 0 Å². The normalized spacial score (nSPS) is 11.8. The number of carboxylic acids is 1. The van der Waals surface area contributed by atoms with Crippen molar-refractivity contribution in [2.24, 2.45) is 5.73 Å². The maximum atomic E-state index is 11.7. The van der Waals surface area contributed by atoms with Crippen LogP contribution in [-0.4, -0.2) is 22.2 Å². The number of benzene rings is 1. The molecule has 0 aliphatic carbocycles. The summed E-state index contributed by atoms with van der Waals surface area (Å²) in [5.41, 5.74) is 9.09. The molecule has 2 aromatic rings. The lowest BCUT2D eigenvalue weighted by Gasteiger charge is -2.13. The fourth-order valence-electron chi connectivity index (χ4n) is 2.74. The molecule has 4 nitrogen and oxygen atoms in total. The van der Waals surface area contributed by atoms with Crippen LogP contribution in [0.5, 0.6) is 0 Å². The number of carboxylic acid groups (broad SMARTS) is 1. The van der Waals surface area contributed by atoms with Gasteiger partial charge < -0.3 is 15.4 Å². The monoisotopic (exact) mass is 288 g/mol. The Morgan fingerprint density at radius 1 is 1.29 bits per heavy atom. The molecule has 0 amide bonds. The van der Waals surface area contributed by atoms with Crippen molar-refractivity contribution < 1.29 is 9.90 Å². The van der Waals surface area contributed by atoms with Crippen molar-refractivity contribution in [1.82, 2.24) is 4.57 Å². The Hall–Kier alpha value is -1.81. The zero-order chi connectivity index (χ0) is 15.7. The predicted octanol–water partition coefficient (Wildman–Crippen LogP) is 3.55. The number of hydrogen-bond acceptors (Lipinski definition) is 2. The fraction of sp³-hybridized carbons (Fsp3) is 0.471. The third-order valence-corrected chi connectivity index (χ3v) is 3.90. The van der Waals surface area contributed by atoms with Gasteiger partial charge in [-0.25, -0.2) is 4.79 Å². The molecule has 0 radical (unpaired) electrons. The summed E-state index contributed by atoms with van der Waals surface area (Å²) in [4.78, 5) is 11.7. The molecule has 1 aromatic heterocycles. The molecule has 0 aliphatic rings. The third-order valence-electron chi connectivity index (χ3n) is 3.90. The van der Waals surface area contributed by atoms with E-state index in [1.807, 2.05) is 4.57 Å². The van der Waals surface area contributed by atoms with Crippen LogP contribution < -0.4 is 5.73 Å². The van der Waals surface area contributed by atoms with Crippen LogP contribution in [0.1, 0.15) is 61.1 Å². The van der Waals surface area contributed by atoms with E-state index < -0.39 is 5.97 Å². The summed E-state index contributed by atoms with van der Waals surface area (Å²) in [6.45, 7) is 8.84. The molecule has 0 spiro atoms. The van der Waals surface area contributed by atoms with E-state index >= 15 is 0 Å². The average molecular weight is 288 g/mol. The summed E-state index contributed by atoms with van der Waals surface area (Å²) >= 11 is 0. The molecule has 1 heterocycles. The summed E-state index contributed by atoms with van der Waals surface area (Å²) in [6.07, 6.45) is 2.82. The van der Waals surface area contributed by atoms with Gasteiger partial charge in [0, 0.05) is 17.6 Å². The van der Waals surface area contributed by atoms with Crippen molar-refractivity contribution in [3.05, 3.63) is 35.0 Å². The van der Waals surface area contributed by atoms with Crippen LogP contribution in [0.2, 0.25) is 0 Å². The Bertz CT molecular complexity index is 669. The van der Waals surface area contributed by atoms with E-state index in [0.717, 1.165) is 28.5 Å². The highest BCUT2D eigenvalue weighted by molar-refractivity contribution is 6.04. The molecular formula is C17H24N2O2. The van der Waals surface area contributed by atoms with Gasteiger partial charge in [-0.2, -0.15) is 0 Å². The van der Waals surface area contributed by atoms with Gasteiger partial charge in [0.05, 0.1) is 11.1 Å². The van der Waals surface area contributed by atoms with Gasteiger partial charge in [0.25, 0.3) is 0 Å². The molecule has 0 aliphatic heterocycles. The van der Waals surface area contributed by atoms with Crippen molar-refractivity contribution in [2.75, 3.05) is 6.54 Å². The van der Waals surface area contributed by atoms with Crippen LogP contribution in [-0.2, 0) is 6.42 Å². The minimum atomic E-state index is -0.873. The van der Waals surface area contributed by atoms with Crippen molar-refractivity contribution in [3.8, 4) is 0 Å². The van der Waals surface area contributed by atoms with E-state index in [0.29, 0.717) is 18.0 Å². The molecule has 1 aromatic carbocycles. The number of nitrogens with zero attached hydrogens (tertiary/aromatic N) is 1. The summed E-state index contributed by atoms with van der Waals surface area (Å²) < 4.78 is 2.05. The number of fused-ring (bicyclic) bond motifs is 1. The van der Waals surface area contributed by atoms with Gasteiger partial charge in [0.1, 0.15) is 0 Å². The smallest absolute Gasteiger partial charge is 0.337 e. The Morgan fingerprint density at radius 3 is 2.43 bits per heavy atom. The van der Waals surface area contributed by atoms with Crippen LogP contribution in [0.3, 0.4) is 0 Å². The minimum Gasteiger partial charge on any atom is -0.478 e. The lowest BCUT2D eigenvalue weighted by atomic mass is 9.96. The second-order valence-corrected chi connectivity index (χ2v) is 6.12. The second kappa shape index (κ2) is 5.90. The molecule has 0 unspecified atom stereocenters. The number of hydrogen-bond donors (Lipinski definition) is 2. The average Bonchev–Trinajstić information content (AvgIpc) is 2.77. The summed E-state index contributed by atoms with van der Waals surface area (Å²) in [7, 11) is 0. The zero-order valence-corrected chi connectivity index (χ0v) is 13.2. The second-order valence-electron chi connectivity index (χ2n) is 6.12. The first-order chi connectivity index (χ1) is 9.86. The highest BCUT2D eigenvalue weighted by atomic mass is 16.4. The SMILES string of the molecule is CC(C)c1cc(C(=O)O)c2c(c1)c(CCN)cn2C(C)C. The lowest BCUT2D eigenvalue weighted by Crippen LogP contribution is -2.06. The Morgan fingerprint density at radius 2 is 1.95 bits per heavy atom. The number of aromatic nitrogens is 1. The van der Waals surface area contributed by atoms with Gasteiger partial charge in [-0.3, -0.25) is 0 Å². The van der Waals surface area contributed by atoms with Crippen LogP contribution in [0, 0.1) is 0 Å².